The van der Waals surface area contributed by atoms with Crippen molar-refractivity contribution in [3.63, 3.8) is 0 Å². The SMILES string of the molecule is S=c1[nH]nc(Cl)c2c1-c1ccccc1CC2. The topological polar surface area (TPSA) is 28.7 Å². The van der Waals surface area contributed by atoms with Crippen LogP contribution in [-0.4, -0.2) is 10.2 Å². The van der Waals surface area contributed by atoms with Gasteiger partial charge in [-0.25, -0.2) is 0 Å². The van der Waals surface area contributed by atoms with Crippen LogP contribution in [-0.2, 0) is 12.8 Å². The number of rotatable bonds is 0. The van der Waals surface area contributed by atoms with Gasteiger partial charge in [-0.15, -0.1) is 0 Å². The highest BCUT2D eigenvalue weighted by Crippen LogP contribution is 2.35. The summed E-state index contributed by atoms with van der Waals surface area (Å²) in [4.78, 5) is 0. The average molecular weight is 249 g/mol. The number of aryl methyl sites for hydroxylation is 1. The van der Waals surface area contributed by atoms with Crippen molar-refractivity contribution in [1.29, 1.82) is 0 Å². The van der Waals surface area contributed by atoms with Crippen molar-refractivity contribution < 1.29 is 0 Å². The van der Waals surface area contributed by atoms with Gasteiger partial charge in [0.25, 0.3) is 0 Å². The lowest BCUT2D eigenvalue weighted by atomic mass is 9.87. The maximum atomic E-state index is 6.09. The molecule has 2 nitrogen and oxygen atoms in total. The average Bonchev–Trinajstić information content (AvgIpc) is 2.33. The van der Waals surface area contributed by atoms with E-state index in [1.165, 1.54) is 11.1 Å². The number of hydrogen-bond donors (Lipinski definition) is 1. The summed E-state index contributed by atoms with van der Waals surface area (Å²) in [6.07, 6.45) is 1.92. The predicted molar refractivity (Wildman–Crippen MR) is 67.3 cm³/mol. The Balaban J connectivity index is 2.40. The van der Waals surface area contributed by atoms with Crippen molar-refractivity contribution in [2.24, 2.45) is 0 Å². The van der Waals surface area contributed by atoms with Crippen LogP contribution in [0.5, 0.6) is 0 Å². The molecule has 0 amide bonds. The molecular weight excluding hydrogens is 240 g/mol. The maximum absolute atomic E-state index is 6.09. The molecule has 0 radical (unpaired) electrons. The highest BCUT2D eigenvalue weighted by molar-refractivity contribution is 7.71. The number of hydrogen-bond acceptors (Lipinski definition) is 2. The van der Waals surface area contributed by atoms with Gasteiger partial charge >= 0.3 is 0 Å². The molecule has 0 bridgehead atoms. The summed E-state index contributed by atoms with van der Waals surface area (Å²) in [5.74, 6) is 0. The second-order valence-electron chi connectivity index (χ2n) is 3.85. The van der Waals surface area contributed by atoms with Gasteiger partial charge in [-0.1, -0.05) is 48.1 Å². The minimum atomic E-state index is 0.540. The monoisotopic (exact) mass is 248 g/mol. The Bertz CT molecular complexity index is 619. The van der Waals surface area contributed by atoms with Crippen molar-refractivity contribution in [3.05, 3.63) is 45.2 Å². The van der Waals surface area contributed by atoms with Crippen LogP contribution in [0.15, 0.2) is 24.3 Å². The fourth-order valence-corrected chi connectivity index (χ4v) is 2.73. The van der Waals surface area contributed by atoms with Crippen LogP contribution in [0.25, 0.3) is 11.1 Å². The van der Waals surface area contributed by atoms with E-state index in [0.717, 1.165) is 24.0 Å². The van der Waals surface area contributed by atoms with E-state index in [2.05, 4.69) is 28.4 Å². The first-order valence-corrected chi connectivity index (χ1v) is 5.91. The van der Waals surface area contributed by atoms with Crippen LogP contribution in [0.1, 0.15) is 11.1 Å². The van der Waals surface area contributed by atoms with Crippen LogP contribution in [0.2, 0.25) is 5.15 Å². The number of halogens is 1. The lowest BCUT2D eigenvalue weighted by Gasteiger charge is -2.19. The van der Waals surface area contributed by atoms with Gasteiger partial charge in [0.2, 0.25) is 0 Å². The van der Waals surface area contributed by atoms with E-state index in [4.69, 9.17) is 23.8 Å². The van der Waals surface area contributed by atoms with E-state index in [0.29, 0.717) is 9.79 Å². The van der Waals surface area contributed by atoms with Gasteiger partial charge in [-0.2, -0.15) is 5.10 Å². The van der Waals surface area contributed by atoms with E-state index in [9.17, 15) is 0 Å². The molecule has 2 aromatic rings. The Morgan fingerprint density at radius 1 is 1.25 bits per heavy atom. The largest absolute Gasteiger partial charge is 0.266 e. The third kappa shape index (κ3) is 1.39. The van der Waals surface area contributed by atoms with Crippen molar-refractivity contribution in [2.45, 2.75) is 12.8 Å². The van der Waals surface area contributed by atoms with E-state index >= 15 is 0 Å². The molecule has 1 aromatic heterocycles. The normalized spacial score (nSPS) is 13.1. The highest BCUT2D eigenvalue weighted by Gasteiger charge is 2.19. The number of H-pyrrole nitrogens is 1. The molecule has 0 aliphatic heterocycles. The Morgan fingerprint density at radius 2 is 2.06 bits per heavy atom. The summed E-state index contributed by atoms with van der Waals surface area (Å²) >= 11 is 11.4. The van der Waals surface area contributed by atoms with Gasteiger partial charge in [0.1, 0.15) is 4.64 Å². The first-order valence-electron chi connectivity index (χ1n) is 5.12. The lowest BCUT2D eigenvalue weighted by molar-refractivity contribution is 0.896. The van der Waals surface area contributed by atoms with Gasteiger partial charge in [0, 0.05) is 11.1 Å². The number of nitrogens with one attached hydrogen (secondary N) is 1. The summed E-state index contributed by atoms with van der Waals surface area (Å²) in [5.41, 5.74) is 4.65. The smallest absolute Gasteiger partial charge is 0.153 e. The summed E-state index contributed by atoms with van der Waals surface area (Å²) in [6.45, 7) is 0. The molecule has 0 fully saturated rings. The molecule has 16 heavy (non-hydrogen) atoms. The quantitative estimate of drug-likeness (QED) is 0.723. The number of aromatic amines is 1. The van der Waals surface area contributed by atoms with Crippen molar-refractivity contribution in [1.82, 2.24) is 10.2 Å². The third-order valence-electron chi connectivity index (χ3n) is 2.96. The van der Waals surface area contributed by atoms with Gasteiger partial charge < -0.3 is 0 Å². The molecule has 4 heteroatoms. The van der Waals surface area contributed by atoms with E-state index in [1.54, 1.807) is 0 Å². The number of fused-ring (bicyclic) bond motifs is 3. The minimum Gasteiger partial charge on any atom is -0.266 e. The zero-order valence-corrected chi connectivity index (χ0v) is 10.0. The molecule has 1 aliphatic carbocycles. The number of aromatic nitrogens is 2. The molecular formula is C12H9ClN2S. The summed E-state index contributed by atoms with van der Waals surface area (Å²) < 4.78 is 0.673. The summed E-state index contributed by atoms with van der Waals surface area (Å²) in [6, 6.07) is 8.31. The van der Waals surface area contributed by atoms with Crippen LogP contribution in [0, 0.1) is 4.64 Å². The molecule has 3 rings (SSSR count). The Labute approximate surface area is 103 Å². The second kappa shape index (κ2) is 3.68. The zero-order chi connectivity index (χ0) is 11.1. The Morgan fingerprint density at radius 3 is 2.94 bits per heavy atom. The van der Waals surface area contributed by atoms with Crippen LogP contribution in [0.4, 0.5) is 0 Å². The fourth-order valence-electron chi connectivity index (χ4n) is 2.22. The standard InChI is InChI=1S/C12H9ClN2S/c13-11-9-6-5-7-3-1-2-4-8(7)10(9)12(16)15-14-11/h1-4H,5-6H2,(H,15,16). The molecule has 0 atom stereocenters. The molecule has 0 unspecified atom stereocenters. The first-order chi connectivity index (χ1) is 7.77. The van der Waals surface area contributed by atoms with Crippen molar-refractivity contribution >= 4 is 23.8 Å². The van der Waals surface area contributed by atoms with Crippen LogP contribution in [0.3, 0.4) is 0 Å². The van der Waals surface area contributed by atoms with Gasteiger partial charge in [-0.05, 0) is 24.0 Å². The molecule has 0 spiro atoms. The first kappa shape index (κ1) is 10.00. The molecule has 0 saturated carbocycles. The van der Waals surface area contributed by atoms with Gasteiger partial charge in [0.15, 0.2) is 5.15 Å². The predicted octanol–water partition coefficient (Wildman–Crippen LogP) is 3.56. The molecule has 1 heterocycles. The molecule has 0 saturated heterocycles. The zero-order valence-electron chi connectivity index (χ0n) is 8.46. The fraction of sp³-hybridized carbons (Fsp3) is 0.167. The molecule has 1 N–H and O–H groups in total. The highest BCUT2D eigenvalue weighted by atomic mass is 35.5. The van der Waals surface area contributed by atoms with Crippen LogP contribution >= 0.6 is 23.8 Å². The number of benzene rings is 1. The molecule has 1 aromatic carbocycles. The van der Waals surface area contributed by atoms with E-state index < -0.39 is 0 Å². The van der Waals surface area contributed by atoms with Crippen molar-refractivity contribution in [2.75, 3.05) is 0 Å². The van der Waals surface area contributed by atoms with Crippen LogP contribution < -0.4 is 0 Å². The molecule has 1 aliphatic rings. The van der Waals surface area contributed by atoms with Gasteiger partial charge in [-0.3, -0.25) is 5.10 Å². The summed E-state index contributed by atoms with van der Waals surface area (Å²) in [7, 11) is 0. The van der Waals surface area contributed by atoms with E-state index in [-0.39, 0.29) is 0 Å². The van der Waals surface area contributed by atoms with Gasteiger partial charge in [0.05, 0.1) is 0 Å². The third-order valence-corrected chi connectivity index (χ3v) is 3.57. The Hall–Kier alpha value is -1.19. The minimum absolute atomic E-state index is 0.540. The summed E-state index contributed by atoms with van der Waals surface area (Å²) in [5, 5.41) is 7.34. The Kier molecular flexibility index (Phi) is 2.30. The lowest BCUT2D eigenvalue weighted by Crippen LogP contribution is -2.07. The van der Waals surface area contributed by atoms with E-state index in [1.807, 2.05) is 6.07 Å². The maximum Gasteiger partial charge on any atom is 0.153 e. The van der Waals surface area contributed by atoms with Crippen molar-refractivity contribution in [3.8, 4) is 11.1 Å². The molecule has 80 valence electrons. The second-order valence-corrected chi connectivity index (χ2v) is 4.62. The number of nitrogens with zero attached hydrogens (tertiary/aromatic N) is 1.